The van der Waals surface area contributed by atoms with E-state index in [1.54, 1.807) is 0 Å². The maximum absolute atomic E-state index is 12.6. The first-order valence-corrected chi connectivity index (χ1v) is 8.26. The number of hydrogen-bond acceptors (Lipinski definition) is 2. The van der Waals surface area contributed by atoms with Crippen molar-refractivity contribution in [2.24, 2.45) is 5.73 Å². The van der Waals surface area contributed by atoms with E-state index >= 15 is 0 Å². The molecule has 0 atom stereocenters. The molecule has 0 aromatic heterocycles. The van der Waals surface area contributed by atoms with Crippen molar-refractivity contribution >= 4 is 23.1 Å². The molecular weight excluding hydrogens is 280 g/mol. The summed E-state index contributed by atoms with van der Waals surface area (Å²) < 4.78 is 0. The van der Waals surface area contributed by atoms with Gasteiger partial charge >= 0.3 is 0 Å². The Kier molecular flexibility index (Phi) is 3.98. The Morgan fingerprint density at radius 3 is 2.52 bits per heavy atom. The first-order valence-electron chi connectivity index (χ1n) is 7.85. The third-order valence-electron chi connectivity index (χ3n) is 4.89. The Bertz CT molecular complexity index is 576. The van der Waals surface area contributed by atoms with E-state index in [9.17, 15) is 4.79 Å². The summed E-state index contributed by atoms with van der Waals surface area (Å²) >= 11 is 5.24. The van der Waals surface area contributed by atoms with E-state index in [0.29, 0.717) is 4.99 Å². The fourth-order valence-corrected chi connectivity index (χ4v) is 3.85. The third-order valence-corrected chi connectivity index (χ3v) is 5.28. The molecule has 112 valence electrons. The molecular formula is C17H22N2OS. The summed E-state index contributed by atoms with van der Waals surface area (Å²) in [5.74, 6) is -0.0422. The molecule has 0 radical (unpaired) electrons. The lowest BCUT2D eigenvalue weighted by atomic mass is 9.81. The zero-order valence-corrected chi connectivity index (χ0v) is 13.1. The number of fused-ring (bicyclic) bond motifs is 1. The molecule has 3 nitrogen and oxygen atoms in total. The van der Waals surface area contributed by atoms with Crippen LogP contribution >= 0.6 is 12.2 Å². The van der Waals surface area contributed by atoms with E-state index in [-0.39, 0.29) is 5.91 Å². The Balaban J connectivity index is 1.80. The van der Waals surface area contributed by atoms with Crippen molar-refractivity contribution in [3.8, 4) is 0 Å². The summed E-state index contributed by atoms with van der Waals surface area (Å²) in [6.45, 7) is 0. The highest BCUT2D eigenvalue weighted by Gasteiger charge is 2.36. The zero-order chi connectivity index (χ0) is 14.9. The van der Waals surface area contributed by atoms with Crippen LogP contribution in [0.4, 0.5) is 0 Å². The van der Waals surface area contributed by atoms with Gasteiger partial charge in [-0.05, 0) is 55.4 Å². The van der Waals surface area contributed by atoms with Crippen LogP contribution in [0.15, 0.2) is 18.2 Å². The monoisotopic (exact) mass is 302 g/mol. The molecule has 0 saturated heterocycles. The van der Waals surface area contributed by atoms with Gasteiger partial charge in [0.2, 0.25) is 0 Å². The molecule has 4 heteroatoms. The summed E-state index contributed by atoms with van der Waals surface area (Å²) in [5.41, 5.74) is 8.88. The van der Waals surface area contributed by atoms with Gasteiger partial charge in [-0.15, -0.1) is 0 Å². The average Bonchev–Trinajstić information content (AvgIpc) is 2.95. The second-order valence-electron chi connectivity index (χ2n) is 6.30. The largest absolute Gasteiger partial charge is 0.391 e. The van der Waals surface area contributed by atoms with Gasteiger partial charge in [-0.2, -0.15) is 0 Å². The number of aryl methyl sites for hydroxylation is 2. The van der Waals surface area contributed by atoms with Crippen molar-refractivity contribution in [3.05, 3.63) is 34.9 Å². The minimum atomic E-state index is -0.482. The number of benzene rings is 1. The fraction of sp³-hybridized carbons (Fsp3) is 0.529. The van der Waals surface area contributed by atoms with Crippen molar-refractivity contribution in [3.63, 3.8) is 0 Å². The minimum absolute atomic E-state index is 0.0422. The van der Waals surface area contributed by atoms with E-state index in [1.807, 2.05) is 12.1 Å². The van der Waals surface area contributed by atoms with Gasteiger partial charge in [0.25, 0.3) is 5.91 Å². The normalized spacial score (nSPS) is 19.8. The number of thiocarbonyl (C=S) groups is 1. The van der Waals surface area contributed by atoms with Crippen molar-refractivity contribution in [2.75, 3.05) is 0 Å². The van der Waals surface area contributed by atoms with Crippen LogP contribution in [0.2, 0.25) is 0 Å². The highest BCUT2D eigenvalue weighted by molar-refractivity contribution is 7.80. The molecule has 1 aromatic rings. The van der Waals surface area contributed by atoms with Crippen LogP contribution in [0.25, 0.3) is 0 Å². The van der Waals surface area contributed by atoms with E-state index in [4.69, 9.17) is 18.0 Å². The lowest BCUT2D eigenvalue weighted by Gasteiger charge is -2.37. The van der Waals surface area contributed by atoms with Crippen LogP contribution in [0.1, 0.15) is 60.0 Å². The van der Waals surface area contributed by atoms with Crippen LogP contribution in [-0.2, 0) is 12.8 Å². The van der Waals surface area contributed by atoms with E-state index in [2.05, 4.69) is 11.4 Å². The van der Waals surface area contributed by atoms with Gasteiger partial charge in [-0.1, -0.05) is 37.5 Å². The molecule has 21 heavy (non-hydrogen) atoms. The van der Waals surface area contributed by atoms with Crippen molar-refractivity contribution in [1.82, 2.24) is 5.32 Å². The number of amides is 1. The summed E-state index contributed by atoms with van der Waals surface area (Å²) in [6, 6.07) is 6.05. The molecule has 0 heterocycles. The quantitative estimate of drug-likeness (QED) is 0.844. The molecule has 1 fully saturated rings. The summed E-state index contributed by atoms with van der Waals surface area (Å²) in [7, 11) is 0. The second kappa shape index (κ2) is 5.76. The van der Waals surface area contributed by atoms with E-state index < -0.39 is 5.54 Å². The molecule has 1 aromatic carbocycles. The van der Waals surface area contributed by atoms with Gasteiger partial charge in [-0.3, -0.25) is 4.79 Å². The van der Waals surface area contributed by atoms with Crippen molar-refractivity contribution in [2.45, 2.75) is 56.9 Å². The first kappa shape index (κ1) is 14.5. The van der Waals surface area contributed by atoms with Crippen LogP contribution in [0.3, 0.4) is 0 Å². The highest BCUT2D eigenvalue weighted by Crippen LogP contribution is 2.29. The van der Waals surface area contributed by atoms with Gasteiger partial charge in [0.1, 0.15) is 0 Å². The van der Waals surface area contributed by atoms with Gasteiger partial charge in [0.15, 0.2) is 0 Å². The Hall–Kier alpha value is -1.42. The number of carbonyl (C=O) groups excluding carboxylic acids is 1. The molecule has 2 aliphatic rings. The number of carbonyl (C=O) groups is 1. The van der Waals surface area contributed by atoms with E-state index in [1.165, 1.54) is 24.0 Å². The van der Waals surface area contributed by atoms with Crippen molar-refractivity contribution in [1.29, 1.82) is 0 Å². The Morgan fingerprint density at radius 2 is 1.81 bits per heavy atom. The molecule has 0 aliphatic heterocycles. The average molecular weight is 302 g/mol. The summed E-state index contributed by atoms with van der Waals surface area (Å²) in [6.07, 6.45) is 8.46. The lowest BCUT2D eigenvalue weighted by Crippen LogP contribution is -2.57. The van der Waals surface area contributed by atoms with Crippen LogP contribution in [0.5, 0.6) is 0 Å². The third kappa shape index (κ3) is 2.82. The SMILES string of the molecule is NC(=S)C1(NC(=O)c2ccc3c(c2)CCC3)CCCCC1. The highest BCUT2D eigenvalue weighted by atomic mass is 32.1. The number of nitrogens with two attached hydrogens (primary N) is 1. The molecule has 3 rings (SSSR count). The maximum Gasteiger partial charge on any atom is 0.252 e. The van der Waals surface area contributed by atoms with E-state index in [0.717, 1.165) is 44.1 Å². The summed E-state index contributed by atoms with van der Waals surface area (Å²) in [4.78, 5) is 13.0. The van der Waals surface area contributed by atoms with Gasteiger partial charge in [-0.25, -0.2) is 0 Å². The number of hydrogen-bond donors (Lipinski definition) is 2. The molecule has 0 bridgehead atoms. The molecule has 0 spiro atoms. The number of rotatable bonds is 3. The standard InChI is InChI=1S/C17H22N2OS/c18-16(21)17(9-2-1-3-10-17)19-15(20)14-8-7-12-5-4-6-13(12)11-14/h7-8,11H,1-6,9-10H2,(H2,18,21)(H,19,20). The maximum atomic E-state index is 12.6. The molecule has 3 N–H and O–H groups in total. The second-order valence-corrected chi connectivity index (χ2v) is 6.74. The van der Waals surface area contributed by atoms with Crippen molar-refractivity contribution < 1.29 is 4.79 Å². The minimum Gasteiger partial charge on any atom is -0.391 e. The summed E-state index contributed by atoms with van der Waals surface area (Å²) in [5, 5.41) is 3.13. The molecule has 1 saturated carbocycles. The molecule has 1 amide bonds. The zero-order valence-electron chi connectivity index (χ0n) is 12.3. The van der Waals surface area contributed by atoms with Crippen LogP contribution in [-0.4, -0.2) is 16.4 Å². The topological polar surface area (TPSA) is 55.1 Å². The fourth-order valence-electron chi connectivity index (χ4n) is 3.59. The van der Waals surface area contributed by atoms with Gasteiger partial charge in [0.05, 0.1) is 10.5 Å². The molecule has 2 aliphatic carbocycles. The predicted octanol–water partition coefficient (Wildman–Crippen LogP) is 2.89. The Labute approximate surface area is 131 Å². The Morgan fingerprint density at radius 1 is 1.10 bits per heavy atom. The molecule has 0 unspecified atom stereocenters. The smallest absolute Gasteiger partial charge is 0.252 e. The first-order chi connectivity index (χ1) is 10.1. The van der Waals surface area contributed by atoms with Gasteiger partial charge in [0, 0.05) is 5.56 Å². The van der Waals surface area contributed by atoms with Crippen LogP contribution in [0, 0.1) is 0 Å². The van der Waals surface area contributed by atoms with Crippen LogP contribution < -0.4 is 11.1 Å². The predicted molar refractivity (Wildman–Crippen MR) is 88.5 cm³/mol. The van der Waals surface area contributed by atoms with Gasteiger partial charge < -0.3 is 11.1 Å². The number of nitrogens with one attached hydrogen (secondary N) is 1. The lowest BCUT2D eigenvalue weighted by molar-refractivity contribution is 0.0908.